The topological polar surface area (TPSA) is 12.5 Å². The predicted molar refractivity (Wildman–Crippen MR) is 44.5 cm³/mol. The zero-order chi connectivity index (χ0) is 7.84. The van der Waals surface area contributed by atoms with Crippen LogP contribution in [0.3, 0.4) is 0 Å². The highest BCUT2D eigenvalue weighted by Crippen LogP contribution is 2.37. The van der Waals surface area contributed by atoms with Crippen molar-refractivity contribution in [1.29, 1.82) is 0 Å². The summed E-state index contributed by atoms with van der Waals surface area (Å²) in [4.78, 5) is 0. The molecule has 0 saturated carbocycles. The maximum Gasteiger partial charge on any atom is 0.109 e. The zero-order valence-electron chi connectivity index (χ0n) is 6.87. The first-order valence-electron chi connectivity index (χ1n) is 3.99. The van der Waals surface area contributed by atoms with Crippen molar-refractivity contribution >= 4 is 0 Å². The van der Waals surface area contributed by atoms with E-state index in [1.165, 1.54) is 11.1 Å². The minimum atomic E-state index is 0.371. The summed E-state index contributed by atoms with van der Waals surface area (Å²) in [5.41, 5.74) is 2.62. The summed E-state index contributed by atoms with van der Waals surface area (Å²) in [6, 6.07) is 8.54. The van der Waals surface area contributed by atoms with Gasteiger partial charge >= 0.3 is 0 Å². The van der Waals surface area contributed by atoms with Crippen molar-refractivity contribution in [3.05, 3.63) is 35.4 Å². The van der Waals surface area contributed by atoms with Crippen LogP contribution < -0.4 is 0 Å². The molecule has 0 aliphatic carbocycles. The molecule has 1 aromatic rings. The Hall–Kier alpha value is -0.820. The first-order valence-corrected chi connectivity index (χ1v) is 3.99. The third-order valence-corrected chi connectivity index (χ3v) is 2.12. The normalized spacial score (nSPS) is 28.5. The lowest BCUT2D eigenvalue weighted by atomic mass is 10.1. The van der Waals surface area contributed by atoms with Gasteiger partial charge in [-0.05, 0) is 19.4 Å². The van der Waals surface area contributed by atoms with Crippen molar-refractivity contribution in [1.82, 2.24) is 0 Å². The maximum absolute atomic E-state index is 5.34. The van der Waals surface area contributed by atoms with Crippen molar-refractivity contribution in [2.75, 3.05) is 0 Å². The molecule has 1 aliphatic heterocycles. The molecule has 1 fully saturated rings. The molecule has 1 heteroatoms. The summed E-state index contributed by atoms with van der Waals surface area (Å²) in [7, 11) is 0. The number of epoxide rings is 1. The van der Waals surface area contributed by atoms with Crippen LogP contribution in [0.15, 0.2) is 24.3 Å². The fourth-order valence-electron chi connectivity index (χ4n) is 1.29. The van der Waals surface area contributed by atoms with Crippen molar-refractivity contribution in [3.8, 4) is 0 Å². The standard InChI is InChI=1S/C10H12O/c1-7-3-5-9(6-4-7)10-8(2)11-10/h3-6,8,10H,1-2H3. The summed E-state index contributed by atoms with van der Waals surface area (Å²) in [6.45, 7) is 4.20. The number of rotatable bonds is 1. The van der Waals surface area contributed by atoms with Crippen LogP contribution in [-0.2, 0) is 4.74 Å². The van der Waals surface area contributed by atoms with Crippen molar-refractivity contribution < 1.29 is 4.74 Å². The van der Waals surface area contributed by atoms with Crippen LogP contribution >= 0.6 is 0 Å². The largest absolute Gasteiger partial charge is 0.365 e. The Bertz CT molecular complexity index is 250. The fraction of sp³-hybridized carbons (Fsp3) is 0.400. The van der Waals surface area contributed by atoms with E-state index >= 15 is 0 Å². The van der Waals surface area contributed by atoms with Crippen LogP contribution in [0.25, 0.3) is 0 Å². The summed E-state index contributed by atoms with van der Waals surface area (Å²) in [6.07, 6.45) is 0.799. The Morgan fingerprint density at radius 3 is 2.18 bits per heavy atom. The van der Waals surface area contributed by atoms with E-state index in [0.717, 1.165) is 0 Å². The lowest BCUT2D eigenvalue weighted by molar-refractivity contribution is 0.383. The molecule has 0 radical (unpaired) electrons. The van der Waals surface area contributed by atoms with E-state index in [4.69, 9.17) is 4.74 Å². The number of hydrogen-bond donors (Lipinski definition) is 0. The van der Waals surface area contributed by atoms with Gasteiger partial charge in [0, 0.05) is 0 Å². The van der Waals surface area contributed by atoms with E-state index in [2.05, 4.69) is 38.1 Å². The van der Waals surface area contributed by atoms with Crippen molar-refractivity contribution in [3.63, 3.8) is 0 Å². The van der Waals surface area contributed by atoms with E-state index in [1.807, 2.05) is 0 Å². The lowest BCUT2D eigenvalue weighted by Crippen LogP contribution is -1.82. The Labute approximate surface area is 67.0 Å². The highest BCUT2D eigenvalue weighted by atomic mass is 16.6. The molecule has 2 atom stereocenters. The van der Waals surface area contributed by atoms with Gasteiger partial charge in [0.25, 0.3) is 0 Å². The number of benzene rings is 1. The Morgan fingerprint density at radius 2 is 1.73 bits per heavy atom. The van der Waals surface area contributed by atoms with E-state index in [9.17, 15) is 0 Å². The van der Waals surface area contributed by atoms with E-state index in [1.54, 1.807) is 0 Å². The molecule has 1 heterocycles. The first kappa shape index (κ1) is 6.86. The van der Waals surface area contributed by atoms with Gasteiger partial charge < -0.3 is 4.74 Å². The van der Waals surface area contributed by atoms with Crippen LogP contribution in [0.2, 0.25) is 0 Å². The Balaban J connectivity index is 2.21. The summed E-state index contributed by atoms with van der Waals surface area (Å²) < 4.78 is 5.34. The van der Waals surface area contributed by atoms with Gasteiger partial charge in [0.05, 0.1) is 6.10 Å². The van der Waals surface area contributed by atoms with E-state index in [-0.39, 0.29) is 0 Å². The van der Waals surface area contributed by atoms with Gasteiger partial charge in [0.15, 0.2) is 0 Å². The molecule has 0 amide bonds. The van der Waals surface area contributed by atoms with Gasteiger partial charge in [0.2, 0.25) is 0 Å². The third-order valence-electron chi connectivity index (χ3n) is 2.12. The van der Waals surface area contributed by atoms with Crippen LogP contribution in [0.1, 0.15) is 24.2 Å². The zero-order valence-corrected chi connectivity index (χ0v) is 6.87. The Kier molecular flexibility index (Phi) is 1.46. The second-order valence-electron chi connectivity index (χ2n) is 3.17. The molecular weight excluding hydrogens is 136 g/mol. The molecular formula is C10H12O. The number of hydrogen-bond acceptors (Lipinski definition) is 1. The quantitative estimate of drug-likeness (QED) is 0.557. The van der Waals surface area contributed by atoms with Gasteiger partial charge in [0.1, 0.15) is 6.10 Å². The average molecular weight is 148 g/mol. The van der Waals surface area contributed by atoms with Crippen LogP contribution in [0.5, 0.6) is 0 Å². The number of aryl methyl sites for hydroxylation is 1. The van der Waals surface area contributed by atoms with Crippen LogP contribution in [0, 0.1) is 6.92 Å². The molecule has 2 rings (SSSR count). The molecule has 0 aromatic heterocycles. The fourth-order valence-corrected chi connectivity index (χ4v) is 1.29. The average Bonchev–Trinajstić information content (AvgIpc) is 2.69. The highest BCUT2D eigenvalue weighted by Gasteiger charge is 2.35. The summed E-state index contributed by atoms with van der Waals surface area (Å²) >= 11 is 0. The molecule has 1 saturated heterocycles. The molecule has 11 heavy (non-hydrogen) atoms. The number of ether oxygens (including phenoxy) is 1. The monoisotopic (exact) mass is 148 g/mol. The highest BCUT2D eigenvalue weighted by molar-refractivity contribution is 5.26. The maximum atomic E-state index is 5.34. The van der Waals surface area contributed by atoms with E-state index < -0.39 is 0 Å². The summed E-state index contributed by atoms with van der Waals surface area (Å²) in [5.74, 6) is 0. The second-order valence-corrected chi connectivity index (χ2v) is 3.17. The molecule has 2 unspecified atom stereocenters. The smallest absolute Gasteiger partial charge is 0.109 e. The molecule has 1 aromatic carbocycles. The summed E-state index contributed by atoms with van der Waals surface area (Å²) in [5, 5.41) is 0. The van der Waals surface area contributed by atoms with Gasteiger partial charge in [-0.15, -0.1) is 0 Å². The van der Waals surface area contributed by atoms with Crippen LogP contribution in [0.4, 0.5) is 0 Å². The third kappa shape index (κ3) is 1.29. The molecule has 1 nitrogen and oxygen atoms in total. The van der Waals surface area contributed by atoms with Crippen molar-refractivity contribution in [2.24, 2.45) is 0 Å². The Morgan fingerprint density at radius 1 is 1.18 bits per heavy atom. The molecule has 1 aliphatic rings. The molecule has 0 bridgehead atoms. The van der Waals surface area contributed by atoms with Gasteiger partial charge in [-0.25, -0.2) is 0 Å². The van der Waals surface area contributed by atoms with Gasteiger partial charge in [-0.2, -0.15) is 0 Å². The first-order chi connectivity index (χ1) is 5.27. The minimum absolute atomic E-state index is 0.371. The minimum Gasteiger partial charge on any atom is -0.365 e. The SMILES string of the molecule is Cc1ccc(C2OC2C)cc1. The molecule has 0 spiro atoms. The lowest BCUT2D eigenvalue weighted by Gasteiger charge is -1.95. The molecule has 0 N–H and O–H groups in total. The van der Waals surface area contributed by atoms with Gasteiger partial charge in [-0.1, -0.05) is 29.8 Å². The van der Waals surface area contributed by atoms with Crippen LogP contribution in [-0.4, -0.2) is 6.10 Å². The predicted octanol–water partition coefficient (Wildman–Crippen LogP) is 2.45. The molecule has 58 valence electrons. The van der Waals surface area contributed by atoms with E-state index in [0.29, 0.717) is 12.2 Å². The van der Waals surface area contributed by atoms with Gasteiger partial charge in [-0.3, -0.25) is 0 Å². The second kappa shape index (κ2) is 2.35. The van der Waals surface area contributed by atoms with Crippen molar-refractivity contribution in [2.45, 2.75) is 26.1 Å².